The molecule has 32 heavy (non-hydrogen) atoms. The first-order valence-corrected chi connectivity index (χ1v) is 9.41. The Hall–Kier alpha value is -4.56. The van der Waals surface area contributed by atoms with Crippen LogP contribution in [0.3, 0.4) is 0 Å². The Balaban J connectivity index is 2.31. The molecular weight excluding hydrogens is 412 g/mol. The summed E-state index contributed by atoms with van der Waals surface area (Å²) in [5.41, 5.74) is 0.565. The molecule has 0 amide bonds. The molecule has 0 bridgehead atoms. The number of hydrogen-bond acceptors (Lipinski definition) is 8. The van der Waals surface area contributed by atoms with Crippen molar-refractivity contribution < 1.29 is 28.5 Å². The molecule has 0 radical (unpaired) electrons. The second-order valence-electron chi connectivity index (χ2n) is 6.10. The van der Waals surface area contributed by atoms with Crippen molar-refractivity contribution in [3.8, 4) is 29.4 Å². The van der Waals surface area contributed by atoms with Crippen LogP contribution in [0.4, 0.5) is 0 Å². The van der Waals surface area contributed by atoms with E-state index in [4.69, 9.17) is 24.2 Å². The van der Waals surface area contributed by atoms with Gasteiger partial charge < -0.3 is 18.9 Å². The Morgan fingerprint density at radius 1 is 0.875 bits per heavy atom. The fraction of sp³-hybridized carbons (Fsp3) is 0.167. The van der Waals surface area contributed by atoms with Crippen molar-refractivity contribution in [3.63, 3.8) is 0 Å². The van der Waals surface area contributed by atoms with Gasteiger partial charge in [-0.05, 0) is 42.8 Å². The third-order valence-corrected chi connectivity index (χ3v) is 4.10. The van der Waals surface area contributed by atoms with Crippen molar-refractivity contribution in [2.45, 2.75) is 6.92 Å². The molecule has 0 atom stereocenters. The average molecular weight is 432 g/mol. The SMILES string of the molecule is CCOC(=O)/C(C#N)=C/c1ccc(OC(=O)/C(C#N)=C/c2ccccc2OC)c(OC)c1. The molecule has 0 fully saturated rings. The van der Waals surface area contributed by atoms with Crippen molar-refractivity contribution in [2.75, 3.05) is 20.8 Å². The lowest BCUT2D eigenvalue weighted by Crippen LogP contribution is -2.11. The predicted molar refractivity (Wildman–Crippen MR) is 115 cm³/mol. The van der Waals surface area contributed by atoms with Gasteiger partial charge in [-0.2, -0.15) is 10.5 Å². The van der Waals surface area contributed by atoms with Crippen molar-refractivity contribution in [1.82, 2.24) is 0 Å². The van der Waals surface area contributed by atoms with Crippen LogP contribution in [-0.2, 0) is 14.3 Å². The Kier molecular flexibility index (Phi) is 8.58. The zero-order valence-electron chi connectivity index (χ0n) is 17.7. The third-order valence-electron chi connectivity index (χ3n) is 4.10. The summed E-state index contributed by atoms with van der Waals surface area (Å²) in [4.78, 5) is 24.4. The quantitative estimate of drug-likeness (QED) is 0.268. The molecule has 0 aliphatic heterocycles. The minimum atomic E-state index is -0.885. The molecule has 0 N–H and O–H groups in total. The maximum absolute atomic E-state index is 12.6. The Morgan fingerprint density at radius 3 is 2.16 bits per heavy atom. The summed E-state index contributed by atoms with van der Waals surface area (Å²) in [7, 11) is 2.85. The topological polar surface area (TPSA) is 119 Å². The van der Waals surface area contributed by atoms with Gasteiger partial charge in [-0.3, -0.25) is 0 Å². The maximum atomic E-state index is 12.6. The molecule has 0 aromatic heterocycles. The third kappa shape index (κ3) is 5.97. The summed E-state index contributed by atoms with van der Waals surface area (Å²) in [6.07, 6.45) is 2.69. The Labute approximate surface area is 185 Å². The lowest BCUT2D eigenvalue weighted by molar-refractivity contribution is -0.138. The number of benzene rings is 2. The number of carbonyl (C=O) groups excluding carboxylic acids is 2. The highest BCUT2D eigenvalue weighted by molar-refractivity contribution is 6.00. The molecule has 0 saturated heterocycles. The van der Waals surface area contributed by atoms with Gasteiger partial charge in [0.1, 0.15) is 29.0 Å². The van der Waals surface area contributed by atoms with Gasteiger partial charge in [-0.1, -0.05) is 24.3 Å². The van der Waals surface area contributed by atoms with Crippen molar-refractivity contribution >= 4 is 24.1 Å². The zero-order chi connectivity index (χ0) is 23.5. The molecule has 2 rings (SSSR count). The molecule has 0 spiro atoms. The Bertz CT molecular complexity index is 1150. The van der Waals surface area contributed by atoms with Crippen LogP contribution in [-0.4, -0.2) is 32.8 Å². The number of para-hydroxylation sites is 1. The average Bonchev–Trinajstić information content (AvgIpc) is 2.81. The Morgan fingerprint density at radius 2 is 1.53 bits per heavy atom. The summed E-state index contributed by atoms with van der Waals surface area (Å²) in [6.45, 7) is 1.77. The van der Waals surface area contributed by atoms with E-state index in [-0.39, 0.29) is 29.3 Å². The van der Waals surface area contributed by atoms with Crippen LogP contribution in [0.15, 0.2) is 53.6 Å². The van der Waals surface area contributed by atoms with Gasteiger partial charge in [-0.15, -0.1) is 0 Å². The van der Waals surface area contributed by atoms with Gasteiger partial charge in [0.2, 0.25) is 0 Å². The van der Waals surface area contributed by atoms with Gasteiger partial charge in [0, 0.05) is 5.56 Å². The molecule has 162 valence electrons. The van der Waals surface area contributed by atoms with E-state index in [1.54, 1.807) is 37.3 Å². The van der Waals surface area contributed by atoms with Crippen LogP contribution in [0.5, 0.6) is 17.2 Å². The van der Waals surface area contributed by atoms with Crippen molar-refractivity contribution in [1.29, 1.82) is 10.5 Å². The van der Waals surface area contributed by atoms with Gasteiger partial charge in [0.05, 0.1) is 20.8 Å². The van der Waals surface area contributed by atoms with Gasteiger partial charge in [0.25, 0.3) is 0 Å². The number of nitriles is 2. The number of carbonyl (C=O) groups is 2. The van der Waals surface area contributed by atoms with E-state index in [9.17, 15) is 14.9 Å². The highest BCUT2D eigenvalue weighted by atomic mass is 16.6. The maximum Gasteiger partial charge on any atom is 0.354 e. The molecule has 0 aliphatic carbocycles. The van der Waals surface area contributed by atoms with Crippen LogP contribution < -0.4 is 14.2 Å². The zero-order valence-corrected chi connectivity index (χ0v) is 17.7. The van der Waals surface area contributed by atoms with Gasteiger partial charge in [-0.25, -0.2) is 9.59 Å². The summed E-state index contributed by atoms with van der Waals surface area (Å²) in [5.74, 6) is -0.904. The minimum absolute atomic E-state index is 0.0606. The number of ether oxygens (including phenoxy) is 4. The first-order chi connectivity index (χ1) is 15.5. The van der Waals surface area contributed by atoms with E-state index < -0.39 is 11.9 Å². The summed E-state index contributed by atoms with van der Waals surface area (Å²) < 4.78 is 20.6. The molecule has 2 aromatic carbocycles. The molecular formula is C24H20N2O6. The number of methoxy groups -OCH3 is 2. The highest BCUT2D eigenvalue weighted by Gasteiger charge is 2.17. The molecule has 0 saturated carbocycles. The molecule has 0 unspecified atom stereocenters. The number of nitrogens with zero attached hydrogens (tertiary/aromatic N) is 2. The fourth-order valence-corrected chi connectivity index (χ4v) is 2.60. The summed E-state index contributed by atoms with van der Waals surface area (Å²) in [5, 5.41) is 18.6. The molecule has 0 aliphatic rings. The van der Waals surface area contributed by atoms with Crippen LogP contribution in [0, 0.1) is 22.7 Å². The largest absolute Gasteiger partial charge is 0.496 e. The lowest BCUT2D eigenvalue weighted by atomic mass is 10.1. The number of rotatable bonds is 8. The van der Waals surface area contributed by atoms with Crippen molar-refractivity contribution in [2.24, 2.45) is 0 Å². The monoisotopic (exact) mass is 432 g/mol. The van der Waals surface area contributed by atoms with E-state index >= 15 is 0 Å². The molecule has 8 nitrogen and oxygen atoms in total. The summed E-state index contributed by atoms with van der Waals surface area (Å²) >= 11 is 0. The smallest absolute Gasteiger partial charge is 0.354 e. The van der Waals surface area contributed by atoms with Crippen LogP contribution in [0.25, 0.3) is 12.2 Å². The second-order valence-corrected chi connectivity index (χ2v) is 6.10. The summed E-state index contributed by atoms with van der Waals surface area (Å²) in [6, 6.07) is 14.9. The molecule has 0 heterocycles. The first kappa shape index (κ1) is 23.7. The molecule has 8 heteroatoms. The second kappa shape index (κ2) is 11.6. The van der Waals surface area contributed by atoms with Crippen LogP contribution >= 0.6 is 0 Å². The van der Waals surface area contributed by atoms with Gasteiger partial charge >= 0.3 is 11.9 Å². The van der Waals surface area contributed by atoms with E-state index in [1.807, 2.05) is 6.07 Å². The van der Waals surface area contributed by atoms with Gasteiger partial charge in [0.15, 0.2) is 11.5 Å². The predicted octanol–water partition coefficient (Wildman–Crippen LogP) is 3.69. The number of esters is 2. The van der Waals surface area contributed by atoms with E-state index in [2.05, 4.69) is 0 Å². The standard InChI is InChI=1S/C24H20N2O6/c1-4-31-23(27)18(14-25)11-16-9-10-21(22(12-16)30-3)32-24(28)19(15-26)13-17-7-5-6-8-20(17)29-2/h5-13H,4H2,1-3H3/b18-11+,19-13+. The lowest BCUT2D eigenvalue weighted by Gasteiger charge is -2.10. The van der Waals surface area contributed by atoms with Crippen molar-refractivity contribution in [3.05, 3.63) is 64.7 Å². The normalized spacial score (nSPS) is 11.0. The molecule has 2 aromatic rings. The first-order valence-electron chi connectivity index (χ1n) is 9.41. The van der Waals surface area contributed by atoms with Crippen LogP contribution in [0.2, 0.25) is 0 Å². The van der Waals surface area contributed by atoms with E-state index in [0.29, 0.717) is 16.9 Å². The number of hydrogen-bond donors (Lipinski definition) is 0. The van der Waals surface area contributed by atoms with Crippen LogP contribution in [0.1, 0.15) is 18.1 Å². The fourth-order valence-electron chi connectivity index (χ4n) is 2.60. The van der Waals surface area contributed by atoms with E-state index in [0.717, 1.165) is 0 Å². The van der Waals surface area contributed by atoms with E-state index in [1.165, 1.54) is 44.6 Å². The minimum Gasteiger partial charge on any atom is -0.496 e. The highest BCUT2D eigenvalue weighted by Crippen LogP contribution is 2.30.